The highest BCUT2D eigenvalue weighted by Gasteiger charge is 2.24. The molecule has 23 nitrogen and oxygen atoms in total. The molecule has 14 heterocycles. The number of rotatable bonds is 7. The van der Waals surface area contributed by atoms with E-state index in [-0.39, 0.29) is 7.43 Å². The van der Waals surface area contributed by atoms with Crippen molar-refractivity contribution in [1.29, 1.82) is 0 Å². The first-order chi connectivity index (χ1) is 51.2. The first kappa shape index (κ1) is 88.4. The Bertz CT molecular complexity index is 5730. The van der Waals surface area contributed by atoms with E-state index in [4.69, 9.17) is 0 Å². The molecule has 598 valence electrons. The number of nitrogens with zero attached hydrogens (tertiary/aromatic N) is 23. The van der Waals surface area contributed by atoms with E-state index in [2.05, 4.69) is 295 Å². The Balaban J connectivity index is 0.000000180. The van der Waals surface area contributed by atoms with Gasteiger partial charge in [-0.3, -0.25) is 9.97 Å². The van der Waals surface area contributed by atoms with Gasteiger partial charge in [-0.05, 0) is 305 Å². The van der Waals surface area contributed by atoms with Gasteiger partial charge < -0.3 is 27.4 Å². The summed E-state index contributed by atoms with van der Waals surface area (Å²) in [5, 5.41) is 26.1. The van der Waals surface area contributed by atoms with E-state index in [9.17, 15) is 0 Å². The van der Waals surface area contributed by atoms with Crippen LogP contribution in [0.15, 0.2) is 0 Å². The number of fused-ring (bicyclic) bond motifs is 7. The highest BCUT2D eigenvalue weighted by molar-refractivity contribution is 5.91. The Morgan fingerprint density at radius 3 is 1.03 bits per heavy atom. The lowest BCUT2D eigenvalue weighted by atomic mass is 10.1. The SMILES string of the molecule is C.Cc1nc(C)c2c(C)c(C)n(C(C)C)c2c1C.Cc1nc(C)c2c(C)c(C)n(C(C)C)c2n1.Cc1nc(C)c2c(C)nn(C(C)C)c2n1.Cc1nc(C)c2nc(C)n(C(C)C)c2c1C.Cc1nc(C)c2nc(C)n(C(C)C)c2n1.Cc1nnc(C)c2c1c(C)c(C)n2C(C)C.Cc1nnc(C)c2c1nc(C)n2C(C)C. The molecule has 14 aromatic heterocycles. The van der Waals surface area contributed by atoms with Crippen molar-refractivity contribution in [2.45, 2.75) is 327 Å². The van der Waals surface area contributed by atoms with Crippen LogP contribution in [-0.2, 0) is 0 Å². The van der Waals surface area contributed by atoms with Crippen molar-refractivity contribution in [2.75, 3.05) is 0 Å². The third-order valence-electron chi connectivity index (χ3n) is 21.2. The molecule has 0 radical (unpaired) electrons. The Kier molecular flexibility index (Phi) is 27.8. The summed E-state index contributed by atoms with van der Waals surface area (Å²) in [6.07, 6.45) is 0. The second kappa shape index (κ2) is 34.9. The standard InChI is InChI=1S/C15H22N2.3C13H19N3.3C11H16N4.CH4/c1-8(2)17-13(7)10(4)14-12(6)16-11(5)9(3)15(14)17;1-7(2)16-11(6)8(3)12-9(4)14-15-10(5)13(12)16;1-7(2)16-10(5)8(3)12-9(4)14-11(6)15-13(12)16;1-7(2)16-11(6)15-12-10(5)14-9(4)8(3)13(12)16;1-6(2)15-9(5)14-10-7(3)12-8(4)13-11(10)15;1-6(2)15-9(5)12-10-7(3)13-14-8(4)11(10)15;1-6(2)15-11-10(8(4)14-15)7(3)12-9(5)13-11;/h8H,1-7H3;3*7H,1-6H3;3*6H,1-5H3;1H4. The highest BCUT2D eigenvalue weighted by Crippen LogP contribution is 2.36. The summed E-state index contributed by atoms with van der Waals surface area (Å²) in [6.45, 7) is 84.1. The molecule has 0 aromatic carbocycles. The smallest absolute Gasteiger partial charge is 0.164 e. The average Bonchev–Trinajstić information content (AvgIpc) is 1.61. The quantitative estimate of drug-likeness (QED) is 0.144. The van der Waals surface area contributed by atoms with Crippen LogP contribution in [0, 0.1) is 180 Å². The van der Waals surface area contributed by atoms with Crippen LogP contribution in [0.5, 0.6) is 0 Å². The minimum absolute atomic E-state index is 0. The van der Waals surface area contributed by atoms with E-state index in [1.807, 2.05) is 94.7 Å². The number of hydrogen-bond acceptors (Lipinski definition) is 16. The molecule has 0 atom stereocenters. The van der Waals surface area contributed by atoms with Gasteiger partial charge in [0, 0.05) is 92.6 Å². The third kappa shape index (κ3) is 17.3. The maximum absolute atomic E-state index is 4.66. The third-order valence-corrected chi connectivity index (χ3v) is 21.2. The van der Waals surface area contributed by atoms with Crippen LogP contribution in [-0.4, -0.2) is 112 Å². The van der Waals surface area contributed by atoms with Crippen molar-refractivity contribution < 1.29 is 0 Å². The minimum Gasteiger partial charge on any atom is -0.342 e. The summed E-state index contributed by atoms with van der Waals surface area (Å²) >= 11 is 0. The molecule has 0 aliphatic carbocycles. The molecule has 0 saturated carbocycles. The second-order valence-electron chi connectivity index (χ2n) is 32.1. The lowest BCUT2D eigenvalue weighted by Gasteiger charge is -2.15. The summed E-state index contributed by atoms with van der Waals surface area (Å²) in [5.74, 6) is 5.57. The fraction of sp³-hybridized carbons (Fsp3) is 0.545. The van der Waals surface area contributed by atoms with Gasteiger partial charge in [-0.2, -0.15) is 25.5 Å². The summed E-state index contributed by atoms with van der Waals surface area (Å²) in [6, 6.07) is 2.93. The van der Waals surface area contributed by atoms with Gasteiger partial charge in [0.15, 0.2) is 11.3 Å². The Morgan fingerprint density at radius 1 is 0.207 bits per heavy atom. The zero-order chi connectivity index (χ0) is 82.5. The first-order valence-corrected chi connectivity index (χ1v) is 39.2. The topological polar surface area (TPSA) is 241 Å². The maximum Gasteiger partial charge on any atom is 0.164 e. The molecule has 14 aromatic rings. The largest absolute Gasteiger partial charge is 0.342 e. The molecule has 14 rings (SSSR count). The van der Waals surface area contributed by atoms with Crippen molar-refractivity contribution in [2.24, 2.45) is 0 Å². The number of hydrogen-bond donors (Lipinski definition) is 0. The zero-order valence-corrected chi connectivity index (χ0v) is 74.3. The molecule has 111 heavy (non-hydrogen) atoms. The number of imidazole rings is 3. The van der Waals surface area contributed by atoms with E-state index >= 15 is 0 Å². The molecule has 0 unspecified atom stereocenters. The van der Waals surface area contributed by atoms with Gasteiger partial charge in [-0.15, -0.1) is 0 Å². The van der Waals surface area contributed by atoms with Crippen LogP contribution >= 0.6 is 0 Å². The predicted octanol–water partition coefficient (Wildman–Crippen LogP) is 21.5. The van der Waals surface area contributed by atoms with E-state index in [1.165, 1.54) is 77.6 Å². The Morgan fingerprint density at radius 2 is 0.541 bits per heavy atom. The van der Waals surface area contributed by atoms with Gasteiger partial charge in [0.1, 0.15) is 57.1 Å². The van der Waals surface area contributed by atoms with Crippen LogP contribution in [0.4, 0.5) is 0 Å². The molecule has 0 saturated heterocycles. The van der Waals surface area contributed by atoms with Crippen LogP contribution in [0.25, 0.3) is 77.1 Å². The van der Waals surface area contributed by atoms with E-state index in [0.29, 0.717) is 42.3 Å². The van der Waals surface area contributed by atoms with Gasteiger partial charge in [0.25, 0.3) is 0 Å². The molecule has 0 aliphatic heterocycles. The van der Waals surface area contributed by atoms with E-state index in [0.717, 1.165) is 148 Å². The maximum atomic E-state index is 4.66. The number of aromatic nitrogens is 23. The molecular formula is C88H131N23. The van der Waals surface area contributed by atoms with Gasteiger partial charge in [-0.25, -0.2) is 49.5 Å². The van der Waals surface area contributed by atoms with E-state index < -0.39 is 0 Å². The summed E-state index contributed by atoms with van der Waals surface area (Å²) in [7, 11) is 0. The van der Waals surface area contributed by atoms with Gasteiger partial charge in [0.2, 0.25) is 0 Å². The fourth-order valence-electron chi connectivity index (χ4n) is 16.1. The lowest BCUT2D eigenvalue weighted by molar-refractivity contribution is 0.542. The number of pyridine rings is 2. The van der Waals surface area contributed by atoms with Crippen LogP contribution in [0.2, 0.25) is 0 Å². The Labute approximate surface area is 660 Å². The average molecular weight is 1510 g/mol. The highest BCUT2D eigenvalue weighted by atomic mass is 15.3. The van der Waals surface area contributed by atoms with Crippen molar-refractivity contribution in [1.82, 2.24) is 112 Å². The lowest BCUT2D eigenvalue weighted by Crippen LogP contribution is -2.05. The molecule has 0 N–H and O–H groups in total. The fourth-order valence-corrected chi connectivity index (χ4v) is 16.1. The van der Waals surface area contributed by atoms with Crippen molar-refractivity contribution >= 4 is 77.1 Å². The molecule has 0 amide bonds. The second-order valence-corrected chi connectivity index (χ2v) is 32.1. The van der Waals surface area contributed by atoms with Crippen LogP contribution in [0.3, 0.4) is 0 Å². The minimum atomic E-state index is 0. The van der Waals surface area contributed by atoms with Gasteiger partial charge >= 0.3 is 0 Å². The van der Waals surface area contributed by atoms with Crippen LogP contribution in [0.1, 0.15) is 295 Å². The molecule has 0 aliphatic rings. The molecular weight excluding hydrogens is 1380 g/mol. The van der Waals surface area contributed by atoms with Crippen LogP contribution < -0.4 is 0 Å². The van der Waals surface area contributed by atoms with Crippen molar-refractivity contribution in [3.05, 3.63) is 148 Å². The normalized spacial score (nSPS) is 11.6. The Hall–Kier alpha value is -9.80. The van der Waals surface area contributed by atoms with Crippen molar-refractivity contribution in [3.63, 3.8) is 0 Å². The van der Waals surface area contributed by atoms with Crippen molar-refractivity contribution in [3.8, 4) is 0 Å². The number of aryl methyl sites for hydroxylation is 23. The molecule has 23 heteroatoms. The van der Waals surface area contributed by atoms with E-state index in [1.54, 1.807) is 0 Å². The zero-order valence-electron chi connectivity index (χ0n) is 74.3. The summed E-state index contributed by atoms with van der Waals surface area (Å²) < 4.78 is 15.7. The summed E-state index contributed by atoms with van der Waals surface area (Å²) in [4.78, 5) is 49.6. The predicted molar refractivity (Wildman–Crippen MR) is 461 cm³/mol. The molecule has 0 fully saturated rings. The van der Waals surface area contributed by atoms with Gasteiger partial charge in [0.05, 0.1) is 78.7 Å². The monoisotopic (exact) mass is 1510 g/mol. The molecule has 0 bridgehead atoms. The summed E-state index contributed by atoms with van der Waals surface area (Å²) in [5.41, 5.74) is 33.9. The van der Waals surface area contributed by atoms with Gasteiger partial charge in [-0.1, -0.05) is 7.43 Å². The molecule has 0 spiro atoms. The first-order valence-electron chi connectivity index (χ1n) is 39.2.